The van der Waals surface area contributed by atoms with Crippen molar-refractivity contribution < 1.29 is 27.4 Å². The number of benzene rings is 2. The van der Waals surface area contributed by atoms with Gasteiger partial charge in [0, 0.05) is 44.2 Å². The van der Waals surface area contributed by atoms with Gasteiger partial charge in [0.15, 0.2) is 0 Å². The van der Waals surface area contributed by atoms with Gasteiger partial charge < -0.3 is 24.3 Å². The molecule has 0 radical (unpaired) electrons. The first-order valence-corrected chi connectivity index (χ1v) is 14.2. The van der Waals surface area contributed by atoms with Crippen molar-refractivity contribution in [3.63, 3.8) is 0 Å². The fraction of sp³-hybridized carbons (Fsp3) is 0.455. The number of methoxy groups -OCH3 is 1. The number of fused-ring (bicyclic) bond motifs is 1. The quantitative estimate of drug-likeness (QED) is 0.305. The van der Waals surface area contributed by atoms with Gasteiger partial charge in [0.05, 0.1) is 24.7 Å². The third-order valence-corrected chi connectivity index (χ3v) is 7.13. The maximum Gasteiger partial charge on any atom is 0.417 e. The molecule has 0 atom stereocenters. The van der Waals surface area contributed by atoms with Crippen LogP contribution in [0.5, 0.6) is 0 Å². The van der Waals surface area contributed by atoms with Crippen molar-refractivity contribution in [3.05, 3.63) is 86.4 Å². The Hall–Kier alpha value is -3.95. The van der Waals surface area contributed by atoms with E-state index in [2.05, 4.69) is 5.32 Å². The van der Waals surface area contributed by atoms with E-state index in [-0.39, 0.29) is 22.9 Å². The average molecular weight is 602 g/mol. The first-order valence-electron chi connectivity index (χ1n) is 14.2. The number of anilines is 1. The Morgan fingerprint density at radius 1 is 1.07 bits per heavy atom. The van der Waals surface area contributed by atoms with Crippen LogP contribution < -0.4 is 15.8 Å². The molecule has 43 heavy (non-hydrogen) atoms. The lowest BCUT2D eigenvalue weighted by Crippen LogP contribution is -2.34. The maximum absolute atomic E-state index is 14.0. The lowest BCUT2D eigenvalue weighted by Gasteiger charge is -2.23. The summed E-state index contributed by atoms with van der Waals surface area (Å²) in [5, 5.41) is 2.74. The molecule has 1 aliphatic rings. The molecule has 1 fully saturated rings. The molecule has 1 heterocycles. The Morgan fingerprint density at radius 3 is 2.26 bits per heavy atom. The number of nitrogens with one attached hydrogen (secondary N) is 1. The average Bonchev–Trinajstić information content (AvgIpc) is 2.86. The Balaban J connectivity index is 0.000000271. The summed E-state index contributed by atoms with van der Waals surface area (Å²) < 4.78 is 53.8. The molecule has 3 aromatic rings. The highest BCUT2D eigenvalue weighted by Crippen LogP contribution is 2.38. The minimum absolute atomic E-state index is 0.0402. The standard InChI is InChI=1S/C21H21F3N2O.C12H21NO3/c1-13-6-5-7-14(10-13)11-17-19(21(22,23)24)16-12-15(25(2)3)8-9-18(16)26(4)20(17)27;1-12(2,3)16-11(14)13-8-10(15-4)9-6-5-7-9/h5-10,12H,11H2,1-4H3;5-8H2,1-4H3,(H,13,14). The number of allylic oxidation sites excluding steroid dienone is 1. The summed E-state index contributed by atoms with van der Waals surface area (Å²) >= 11 is 0. The van der Waals surface area contributed by atoms with Crippen LogP contribution in [0.1, 0.15) is 62.3 Å². The van der Waals surface area contributed by atoms with E-state index in [9.17, 15) is 22.8 Å². The fourth-order valence-electron chi connectivity index (χ4n) is 4.83. The van der Waals surface area contributed by atoms with E-state index in [1.165, 1.54) is 29.7 Å². The smallest absolute Gasteiger partial charge is 0.417 e. The number of halogens is 3. The van der Waals surface area contributed by atoms with Crippen molar-refractivity contribution in [1.82, 2.24) is 9.88 Å². The van der Waals surface area contributed by atoms with Gasteiger partial charge in [-0.25, -0.2) is 4.79 Å². The lowest BCUT2D eigenvalue weighted by molar-refractivity contribution is -0.137. The van der Waals surface area contributed by atoms with Gasteiger partial charge in [0.25, 0.3) is 5.56 Å². The zero-order chi connectivity index (χ0) is 32.1. The molecule has 0 unspecified atom stereocenters. The summed E-state index contributed by atoms with van der Waals surface area (Å²) in [6.45, 7) is 7.81. The number of hydrogen-bond donors (Lipinski definition) is 1. The Morgan fingerprint density at radius 2 is 1.74 bits per heavy atom. The highest BCUT2D eigenvalue weighted by Gasteiger charge is 2.37. The molecule has 0 bridgehead atoms. The number of nitrogens with zero attached hydrogens (tertiary/aromatic N) is 2. The number of pyridine rings is 1. The molecular formula is C33H42F3N3O4. The highest BCUT2D eigenvalue weighted by molar-refractivity contribution is 5.87. The number of alkyl halides is 3. The minimum Gasteiger partial charge on any atom is -0.499 e. The summed E-state index contributed by atoms with van der Waals surface area (Å²) in [5.74, 6) is 0.872. The van der Waals surface area contributed by atoms with Crippen LogP contribution in [-0.4, -0.2) is 44.0 Å². The summed E-state index contributed by atoms with van der Waals surface area (Å²) in [5.41, 5.74) is 1.70. The normalized spacial score (nSPS) is 13.0. The number of alkyl carbamates (subject to hydrolysis) is 1. The summed E-state index contributed by atoms with van der Waals surface area (Å²) in [4.78, 5) is 25.9. The molecule has 1 aromatic heterocycles. The van der Waals surface area contributed by atoms with Crippen molar-refractivity contribution >= 4 is 22.7 Å². The molecule has 7 nitrogen and oxygen atoms in total. The van der Waals surface area contributed by atoms with E-state index in [1.54, 1.807) is 56.4 Å². The van der Waals surface area contributed by atoms with Crippen LogP contribution in [-0.2, 0) is 29.1 Å². The van der Waals surface area contributed by atoms with Gasteiger partial charge in [-0.3, -0.25) is 4.79 Å². The van der Waals surface area contributed by atoms with Crippen LogP contribution in [0.25, 0.3) is 10.9 Å². The monoisotopic (exact) mass is 601 g/mol. The molecule has 234 valence electrons. The highest BCUT2D eigenvalue weighted by atomic mass is 19.4. The van der Waals surface area contributed by atoms with Crippen molar-refractivity contribution in [3.8, 4) is 0 Å². The molecule has 0 spiro atoms. The number of aryl methyl sites for hydroxylation is 2. The van der Waals surface area contributed by atoms with Gasteiger partial charge in [-0.15, -0.1) is 0 Å². The Kier molecular flexibility index (Phi) is 10.6. The van der Waals surface area contributed by atoms with Crippen molar-refractivity contribution in [2.75, 3.05) is 32.6 Å². The first kappa shape index (κ1) is 33.6. The summed E-state index contributed by atoms with van der Waals surface area (Å²) in [6, 6.07) is 12.0. The van der Waals surface area contributed by atoms with E-state index in [0.29, 0.717) is 17.8 Å². The van der Waals surface area contributed by atoms with Gasteiger partial charge in [-0.1, -0.05) is 29.8 Å². The van der Waals surface area contributed by atoms with E-state index in [4.69, 9.17) is 9.47 Å². The molecule has 2 aromatic carbocycles. The van der Waals surface area contributed by atoms with Crippen molar-refractivity contribution in [2.24, 2.45) is 7.05 Å². The molecule has 1 N–H and O–H groups in total. The second-order valence-electron chi connectivity index (χ2n) is 11.9. The van der Waals surface area contributed by atoms with Gasteiger partial charge in [-0.2, -0.15) is 13.2 Å². The van der Waals surface area contributed by atoms with Gasteiger partial charge >= 0.3 is 12.3 Å². The third kappa shape index (κ3) is 8.78. The number of carbonyl (C=O) groups is 1. The summed E-state index contributed by atoms with van der Waals surface area (Å²) in [6.07, 6.45) is -1.71. The molecule has 0 saturated heterocycles. The third-order valence-electron chi connectivity index (χ3n) is 7.13. The topological polar surface area (TPSA) is 72.8 Å². The fourth-order valence-corrected chi connectivity index (χ4v) is 4.83. The van der Waals surface area contributed by atoms with Crippen LogP contribution in [0.2, 0.25) is 0 Å². The Bertz CT molecular complexity index is 1540. The largest absolute Gasteiger partial charge is 0.499 e. The molecular weight excluding hydrogens is 559 g/mol. The number of amides is 1. The molecule has 10 heteroatoms. The molecule has 1 amide bonds. The van der Waals surface area contributed by atoms with Crippen LogP contribution >= 0.6 is 0 Å². The molecule has 1 saturated carbocycles. The maximum atomic E-state index is 14.0. The minimum atomic E-state index is -4.63. The second-order valence-corrected chi connectivity index (χ2v) is 11.9. The summed E-state index contributed by atoms with van der Waals surface area (Å²) in [7, 11) is 6.69. The number of ether oxygens (including phenoxy) is 2. The van der Waals surface area contributed by atoms with Crippen LogP contribution in [0.15, 0.2) is 58.6 Å². The van der Waals surface area contributed by atoms with Gasteiger partial charge in [-0.05, 0) is 76.3 Å². The Labute approximate surface area is 251 Å². The zero-order valence-corrected chi connectivity index (χ0v) is 26.2. The van der Waals surface area contributed by atoms with Crippen LogP contribution in [0.4, 0.5) is 23.7 Å². The van der Waals surface area contributed by atoms with Crippen molar-refractivity contribution in [2.45, 2.75) is 65.2 Å². The predicted octanol–water partition coefficient (Wildman–Crippen LogP) is 7.12. The van der Waals surface area contributed by atoms with E-state index in [1.807, 2.05) is 33.8 Å². The van der Waals surface area contributed by atoms with Gasteiger partial charge in [0.2, 0.25) is 0 Å². The van der Waals surface area contributed by atoms with E-state index in [0.717, 1.165) is 24.2 Å². The molecule has 4 rings (SSSR count). The second kappa shape index (κ2) is 13.6. The van der Waals surface area contributed by atoms with Crippen molar-refractivity contribution in [1.29, 1.82) is 0 Å². The van der Waals surface area contributed by atoms with E-state index < -0.39 is 29.0 Å². The number of hydrogen-bond acceptors (Lipinski definition) is 5. The van der Waals surface area contributed by atoms with Gasteiger partial charge in [0.1, 0.15) is 11.4 Å². The molecule has 1 aliphatic carbocycles. The lowest BCUT2D eigenvalue weighted by atomic mass is 9.91. The predicted molar refractivity (Wildman–Crippen MR) is 165 cm³/mol. The first-order chi connectivity index (χ1) is 20.0. The number of rotatable bonds is 6. The van der Waals surface area contributed by atoms with Crippen LogP contribution in [0.3, 0.4) is 0 Å². The SMILES string of the molecule is COC(CNC(=O)OC(C)(C)C)=C1CCC1.Cc1cccc(Cc2c(C(F)(F)F)c3cc(N(C)C)ccc3n(C)c2=O)c1. The number of aromatic nitrogens is 1. The number of carbonyl (C=O) groups excluding carboxylic acids is 1. The zero-order valence-electron chi connectivity index (χ0n) is 26.2. The molecule has 0 aliphatic heterocycles. The van der Waals surface area contributed by atoms with E-state index >= 15 is 0 Å². The van der Waals surface area contributed by atoms with Crippen LogP contribution in [0, 0.1) is 6.92 Å².